The van der Waals surface area contributed by atoms with Gasteiger partial charge in [0.1, 0.15) is 0 Å². The van der Waals surface area contributed by atoms with Gasteiger partial charge in [0.25, 0.3) is 0 Å². The summed E-state index contributed by atoms with van der Waals surface area (Å²) in [5.41, 5.74) is 2.90. The van der Waals surface area contributed by atoms with Crippen LogP contribution in [0.15, 0.2) is 60.7 Å². The molecule has 0 amide bonds. The molecule has 1 heteroatoms. The van der Waals surface area contributed by atoms with Gasteiger partial charge in [-0.15, -0.1) is 0 Å². The predicted molar refractivity (Wildman–Crippen MR) is 115 cm³/mol. The van der Waals surface area contributed by atoms with Gasteiger partial charge in [0.2, 0.25) is 0 Å². The summed E-state index contributed by atoms with van der Waals surface area (Å²) in [5, 5.41) is 0. The summed E-state index contributed by atoms with van der Waals surface area (Å²) in [7, 11) is 0. The molecule has 1 saturated carbocycles. The maximum Gasteiger partial charge on any atom is 0.0217 e. The highest BCUT2D eigenvalue weighted by atomic mass is 15.1. The second-order valence-electron chi connectivity index (χ2n) is 8.86. The molecule has 2 aromatic rings. The number of benzene rings is 2. The first-order chi connectivity index (χ1) is 13.4. The zero-order valence-corrected chi connectivity index (χ0v) is 16.7. The van der Waals surface area contributed by atoms with Crippen molar-refractivity contribution in [2.45, 2.75) is 57.3 Å². The Hall–Kier alpha value is -1.60. The SMILES string of the molecule is c1ccc(C(CN2CCC(CC3CCCCC3)CC2)c2ccccc2)cc1. The smallest absolute Gasteiger partial charge is 0.0217 e. The lowest BCUT2D eigenvalue weighted by molar-refractivity contribution is 0.155. The molecule has 0 unspecified atom stereocenters. The van der Waals surface area contributed by atoms with Gasteiger partial charge in [-0.25, -0.2) is 0 Å². The van der Waals surface area contributed by atoms with Crippen molar-refractivity contribution in [2.75, 3.05) is 19.6 Å². The Kier molecular flexibility index (Phi) is 6.63. The van der Waals surface area contributed by atoms with Crippen molar-refractivity contribution in [3.8, 4) is 0 Å². The van der Waals surface area contributed by atoms with Crippen LogP contribution in [0.3, 0.4) is 0 Å². The van der Waals surface area contributed by atoms with Gasteiger partial charge < -0.3 is 4.90 Å². The van der Waals surface area contributed by atoms with Crippen molar-refractivity contribution < 1.29 is 0 Å². The highest BCUT2D eigenvalue weighted by Gasteiger charge is 2.25. The van der Waals surface area contributed by atoms with Gasteiger partial charge in [-0.2, -0.15) is 0 Å². The normalized spacial score (nSPS) is 20.2. The molecule has 1 saturated heterocycles. The summed E-state index contributed by atoms with van der Waals surface area (Å²) in [6.45, 7) is 3.73. The van der Waals surface area contributed by atoms with Crippen LogP contribution in [0.5, 0.6) is 0 Å². The summed E-state index contributed by atoms with van der Waals surface area (Å²) >= 11 is 0. The molecule has 1 aliphatic carbocycles. The van der Waals surface area contributed by atoms with Crippen LogP contribution in [-0.4, -0.2) is 24.5 Å². The fourth-order valence-corrected chi connectivity index (χ4v) is 5.33. The topological polar surface area (TPSA) is 3.24 Å². The number of likely N-dealkylation sites (tertiary alicyclic amines) is 1. The summed E-state index contributed by atoms with van der Waals surface area (Å²) < 4.78 is 0. The predicted octanol–water partition coefficient (Wildman–Crippen LogP) is 6.50. The molecule has 1 heterocycles. The van der Waals surface area contributed by atoms with E-state index in [-0.39, 0.29) is 0 Å². The van der Waals surface area contributed by atoms with E-state index in [1.54, 1.807) is 0 Å². The number of nitrogens with zero attached hydrogens (tertiary/aromatic N) is 1. The highest BCUT2D eigenvalue weighted by molar-refractivity contribution is 5.32. The minimum Gasteiger partial charge on any atom is -0.302 e. The molecular weight excluding hydrogens is 326 g/mol. The molecule has 0 atom stereocenters. The van der Waals surface area contributed by atoms with Crippen molar-refractivity contribution in [1.82, 2.24) is 4.90 Å². The largest absolute Gasteiger partial charge is 0.302 e. The molecule has 0 aromatic heterocycles. The van der Waals surface area contributed by atoms with Gasteiger partial charge in [-0.1, -0.05) is 92.8 Å². The van der Waals surface area contributed by atoms with E-state index >= 15 is 0 Å². The molecule has 2 fully saturated rings. The Morgan fingerprint density at radius 2 is 1.19 bits per heavy atom. The van der Waals surface area contributed by atoms with Gasteiger partial charge in [-0.05, 0) is 55.3 Å². The lowest BCUT2D eigenvalue weighted by Gasteiger charge is -2.36. The maximum atomic E-state index is 2.72. The fourth-order valence-electron chi connectivity index (χ4n) is 5.33. The van der Waals surface area contributed by atoms with Crippen LogP contribution in [0, 0.1) is 11.8 Å². The van der Waals surface area contributed by atoms with Crippen molar-refractivity contribution >= 4 is 0 Å². The highest BCUT2D eigenvalue weighted by Crippen LogP contribution is 2.34. The molecule has 2 aliphatic rings. The van der Waals surface area contributed by atoms with E-state index in [9.17, 15) is 0 Å². The van der Waals surface area contributed by atoms with Gasteiger partial charge in [0, 0.05) is 12.5 Å². The Morgan fingerprint density at radius 3 is 1.74 bits per heavy atom. The number of piperidine rings is 1. The lowest BCUT2D eigenvalue weighted by Crippen LogP contribution is -2.37. The fraction of sp³-hybridized carbons (Fsp3) is 0.538. The Morgan fingerprint density at radius 1 is 0.667 bits per heavy atom. The van der Waals surface area contributed by atoms with E-state index in [0.29, 0.717) is 5.92 Å². The zero-order valence-electron chi connectivity index (χ0n) is 16.7. The lowest BCUT2D eigenvalue weighted by atomic mass is 9.79. The molecule has 2 aromatic carbocycles. The van der Waals surface area contributed by atoms with Gasteiger partial charge in [0.05, 0.1) is 0 Å². The van der Waals surface area contributed by atoms with Crippen LogP contribution in [0.4, 0.5) is 0 Å². The van der Waals surface area contributed by atoms with Crippen LogP contribution in [0.25, 0.3) is 0 Å². The summed E-state index contributed by atoms with van der Waals surface area (Å²) in [4.78, 5) is 2.72. The molecule has 0 radical (unpaired) electrons. The van der Waals surface area contributed by atoms with Gasteiger partial charge >= 0.3 is 0 Å². The van der Waals surface area contributed by atoms with E-state index in [4.69, 9.17) is 0 Å². The first-order valence-electron chi connectivity index (χ1n) is 11.2. The zero-order chi connectivity index (χ0) is 18.3. The number of hydrogen-bond donors (Lipinski definition) is 0. The quantitative estimate of drug-likeness (QED) is 0.567. The van der Waals surface area contributed by atoms with Gasteiger partial charge in [0.15, 0.2) is 0 Å². The monoisotopic (exact) mass is 361 g/mol. The van der Waals surface area contributed by atoms with Crippen LogP contribution in [0.1, 0.15) is 68.4 Å². The van der Waals surface area contributed by atoms with Crippen molar-refractivity contribution in [2.24, 2.45) is 11.8 Å². The Bertz CT molecular complexity index is 612. The van der Waals surface area contributed by atoms with Crippen molar-refractivity contribution in [3.63, 3.8) is 0 Å². The average molecular weight is 362 g/mol. The Balaban J connectivity index is 1.35. The minimum atomic E-state index is 0.488. The number of hydrogen-bond acceptors (Lipinski definition) is 1. The summed E-state index contributed by atoms with van der Waals surface area (Å²) in [6.07, 6.45) is 11.8. The maximum absolute atomic E-state index is 2.72. The van der Waals surface area contributed by atoms with Crippen LogP contribution < -0.4 is 0 Å². The summed E-state index contributed by atoms with van der Waals surface area (Å²) in [6, 6.07) is 22.2. The molecule has 27 heavy (non-hydrogen) atoms. The second-order valence-corrected chi connectivity index (χ2v) is 8.86. The van der Waals surface area contributed by atoms with Crippen LogP contribution in [0.2, 0.25) is 0 Å². The third kappa shape index (κ3) is 5.23. The van der Waals surface area contributed by atoms with E-state index < -0.39 is 0 Å². The van der Waals surface area contributed by atoms with E-state index in [0.717, 1.165) is 18.4 Å². The molecule has 0 bridgehead atoms. The third-order valence-electron chi connectivity index (χ3n) is 6.94. The molecule has 144 valence electrons. The van der Waals surface area contributed by atoms with Gasteiger partial charge in [-0.3, -0.25) is 0 Å². The van der Waals surface area contributed by atoms with E-state index in [2.05, 4.69) is 65.6 Å². The first-order valence-corrected chi connectivity index (χ1v) is 11.2. The average Bonchev–Trinajstić information content (AvgIpc) is 2.75. The van der Waals surface area contributed by atoms with Crippen LogP contribution in [-0.2, 0) is 0 Å². The molecule has 0 N–H and O–H groups in total. The molecular formula is C26H35N. The molecule has 0 spiro atoms. The van der Waals surface area contributed by atoms with E-state index in [1.807, 2.05) is 0 Å². The second kappa shape index (κ2) is 9.55. The minimum absolute atomic E-state index is 0.488. The Labute approximate surface area is 165 Å². The summed E-state index contributed by atoms with van der Waals surface area (Å²) in [5.74, 6) is 2.51. The van der Waals surface area contributed by atoms with Crippen LogP contribution >= 0.6 is 0 Å². The number of rotatable bonds is 6. The standard InChI is InChI=1S/C26H35N/c1-4-10-22(11-5-1)20-23-16-18-27(19-17-23)21-26(24-12-6-2-7-13-24)25-14-8-3-9-15-25/h2-3,6-9,12-15,22-23,26H,1,4-5,10-11,16-21H2. The third-order valence-corrected chi connectivity index (χ3v) is 6.94. The van der Waals surface area contributed by atoms with Crippen molar-refractivity contribution in [1.29, 1.82) is 0 Å². The molecule has 4 rings (SSSR count). The first kappa shape index (κ1) is 18.7. The molecule has 1 nitrogen and oxygen atoms in total. The van der Waals surface area contributed by atoms with E-state index in [1.165, 1.54) is 75.6 Å². The van der Waals surface area contributed by atoms with Crippen molar-refractivity contribution in [3.05, 3.63) is 71.8 Å². The molecule has 1 aliphatic heterocycles.